The Bertz CT molecular complexity index is 365. The molecular formula is C10H12BrN3O. The van der Waals surface area contributed by atoms with E-state index >= 15 is 0 Å². The van der Waals surface area contributed by atoms with E-state index in [1.165, 1.54) is 0 Å². The van der Waals surface area contributed by atoms with E-state index in [-0.39, 0.29) is 11.9 Å². The molecule has 1 aromatic heterocycles. The summed E-state index contributed by atoms with van der Waals surface area (Å²) in [5.74, 6) is 0.881. The van der Waals surface area contributed by atoms with Crippen LogP contribution >= 0.6 is 15.9 Å². The predicted octanol–water partition coefficient (Wildman–Crippen LogP) is 1.49. The highest BCUT2D eigenvalue weighted by Gasteiger charge is 2.28. The van der Waals surface area contributed by atoms with Gasteiger partial charge >= 0.3 is 0 Å². The quantitative estimate of drug-likeness (QED) is 0.885. The topological polar surface area (TPSA) is 45.2 Å². The van der Waals surface area contributed by atoms with Crippen molar-refractivity contribution in [2.45, 2.75) is 12.5 Å². The molecule has 1 saturated heterocycles. The van der Waals surface area contributed by atoms with Crippen LogP contribution < -0.4 is 5.32 Å². The van der Waals surface area contributed by atoms with E-state index < -0.39 is 0 Å². The zero-order valence-corrected chi connectivity index (χ0v) is 9.99. The molecule has 2 rings (SSSR count). The maximum atomic E-state index is 11.6. The summed E-state index contributed by atoms with van der Waals surface area (Å²) < 4.78 is 0.933. The van der Waals surface area contributed by atoms with Crippen LogP contribution in [-0.2, 0) is 4.79 Å². The summed E-state index contributed by atoms with van der Waals surface area (Å²) in [5, 5.41) is 3.13. The molecule has 0 aromatic carbocycles. The molecule has 1 aromatic rings. The minimum absolute atomic E-state index is 0.122. The molecule has 1 amide bonds. The van der Waals surface area contributed by atoms with E-state index in [4.69, 9.17) is 0 Å². The number of likely N-dealkylation sites (N-methyl/N-ethyl adjacent to an activating group) is 1. The smallest absolute Gasteiger partial charge is 0.244 e. The average Bonchev–Trinajstić information content (AvgIpc) is 2.53. The number of aromatic nitrogens is 1. The van der Waals surface area contributed by atoms with E-state index in [1.807, 2.05) is 19.2 Å². The average molecular weight is 270 g/mol. The van der Waals surface area contributed by atoms with Crippen LogP contribution in [0.3, 0.4) is 0 Å². The lowest BCUT2D eigenvalue weighted by molar-refractivity contribution is -0.127. The highest BCUT2D eigenvalue weighted by molar-refractivity contribution is 9.10. The molecule has 4 nitrogen and oxygen atoms in total. The lowest BCUT2D eigenvalue weighted by Gasteiger charge is -2.12. The Morgan fingerprint density at radius 1 is 1.60 bits per heavy atom. The van der Waals surface area contributed by atoms with Crippen LogP contribution in [0.5, 0.6) is 0 Å². The van der Waals surface area contributed by atoms with Gasteiger partial charge in [-0.25, -0.2) is 4.98 Å². The first-order valence-electron chi connectivity index (χ1n) is 4.80. The van der Waals surface area contributed by atoms with Gasteiger partial charge in [-0.3, -0.25) is 4.79 Å². The summed E-state index contributed by atoms with van der Waals surface area (Å²) in [6.07, 6.45) is 2.55. The molecule has 1 fully saturated rings. The number of nitrogens with one attached hydrogen (secondary N) is 1. The number of amides is 1. The number of carbonyl (C=O) groups is 1. The largest absolute Gasteiger partial charge is 0.358 e. The Morgan fingerprint density at radius 3 is 2.93 bits per heavy atom. The first-order chi connectivity index (χ1) is 7.16. The lowest BCUT2D eigenvalue weighted by Crippen LogP contribution is -2.31. The number of nitrogens with zero attached hydrogens (tertiary/aromatic N) is 2. The summed E-state index contributed by atoms with van der Waals surface area (Å²) in [4.78, 5) is 17.5. The molecule has 0 spiro atoms. The molecule has 5 heteroatoms. The first-order valence-corrected chi connectivity index (χ1v) is 5.59. The second-order valence-corrected chi connectivity index (χ2v) is 4.52. The van der Waals surface area contributed by atoms with Crippen LogP contribution in [-0.4, -0.2) is 35.4 Å². The van der Waals surface area contributed by atoms with Gasteiger partial charge in [-0.15, -0.1) is 0 Å². The van der Waals surface area contributed by atoms with Gasteiger partial charge in [0, 0.05) is 24.3 Å². The van der Waals surface area contributed by atoms with Crippen molar-refractivity contribution in [3.05, 3.63) is 22.8 Å². The predicted molar refractivity (Wildman–Crippen MR) is 61.6 cm³/mol. The molecule has 1 aliphatic rings. The van der Waals surface area contributed by atoms with Gasteiger partial charge < -0.3 is 10.2 Å². The van der Waals surface area contributed by atoms with Gasteiger partial charge in [0.2, 0.25) is 5.91 Å². The molecule has 0 saturated carbocycles. The molecule has 2 heterocycles. The van der Waals surface area contributed by atoms with Crippen LogP contribution in [0.2, 0.25) is 0 Å². The van der Waals surface area contributed by atoms with E-state index in [1.54, 1.807) is 11.1 Å². The van der Waals surface area contributed by atoms with Gasteiger partial charge in [0.15, 0.2) is 0 Å². The van der Waals surface area contributed by atoms with Gasteiger partial charge in [0.05, 0.1) is 0 Å². The van der Waals surface area contributed by atoms with Gasteiger partial charge in [0.1, 0.15) is 11.9 Å². The number of rotatable bonds is 2. The number of likely N-dealkylation sites (tertiary alicyclic amines) is 1. The Morgan fingerprint density at radius 2 is 2.40 bits per heavy atom. The summed E-state index contributed by atoms with van der Waals surface area (Å²) in [7, 11) is 1.82. The van der Waals surface area contributed by atoms with E-state index in [9.17, 15) is 4.79 Å². The summed E-state index contributed by atoms with van der Waals surface area (Å²) in [5.41, 5.74) is 0. The van der Waals surface area contributed by atoms with Crippen molar-refractivity contribution in [3.8, 4) is 0 Å². The van der Waals surface area contributed by atoms with Crippen molar-refractivity contribution in [1.82, 2.24) is 9.88 Å². The zero-order valence-electron chi connectivity index (χ0n) is 8.40. The molecule has 1 atom stereocenters. The molecule has 0 bridgehead atoms. The fourth-order valence-electron chi connectivity index (χ4n) is 1.60. The van der Waals surface area contributed by atoms with Crippen LogP contribution in [0.1, 0.15) is 6.42 Å². The number of anilines is 1. The SMILES string of the molecule is CN1CCC(Nc2ccc(Br)cn2)C1=O. The Kier molecular flexibility index (Phi) is 2.90. The van der Waals surface area contributed by atoms with E-state index in [0.717, 1.165) is 23.3 Å². The lowest BCUT2D eigenvalue weighted by atomic mass is 10.2. The monoisotopic (exact) mass is 269 g/mol. The maximum Gasteiger partial charge on any atom is 0.244 e. The summed E-state index contributed by atoms with van der Waals surface area (Å²) in [6.45, 7) is 0.813. The second kappa shape index (κ2) is 4.18. The number of halogens is 1. The molecule has 1 N–H and O–H groups in total. The molecule has 0 radical (unpaired) electrons. The van der Waals surface area contributed by atoms with Crippen LogP contribution in [0.15, 0.2) is 22.8 Å². The fourth-order valence-corrected chi connectivity index (χ4v) is 1.83. The fraction of sp³-hybridized carbons (Fsp3) is 0.400. The van der Waals surface area contributed by atoms with Crippen molar-refractivity contribution in [1.29, 1.82) is 0 Å². The van der Waals surface area contributed by atoms with Gasteiger partial charge in [0.25, 0.3) is 0 Å². The van der Waals surface area contributed by atoms with Crippen LogP contribution in [0.25, 0.3) is 0 Å². The Balaban J connectivity index is 2.03. The minimum Gasteiger partial charge on any atom is -0.358 e. The molecule has 1 aliphatic heterocycles. The highest BCUT2D eigenvalue weighted by atomic mass is 79.9. The van der Waals surface area contributed by atoms with Crippen molar-refractivity contribution in [3.63, 3.8) is 0 Å². The normalized spacial score (nSPS) is 20.8. The van der Waals surface area contributed by atoms with Gasteiger partial charge in [-0.05, 0) is 34.5 Å². The molecule has 0 aliphatic carbocycles. The van der Waals surface area contributed by atoms with Gasteiger partial charge in [-0.2, -0.15) is 0 Å². The zero-order chi connectivity index (χ0) is 10.8. The number of carbonyl (C=O) groups excluding carboxylic acids is 1. The number of hydrogen-bond donors (Lipinski definition) is 1. The third kappa shape index (κ3) is 2.28. The van der Waals surface area contributed by atoms with Crippen LogP contribution in [0, 0.1) is 0 Å². The molecule has 80 valence electrons. The van der Waals surface area contributed by atoms with E-state index in [0.29, 0.717) is 0 Å². The first kappa shape index (κ1) is 10.4. The maximum absolute atomic E-state index is 11.6. The molecule has 15 heavy (non-hydrogen) atoms. The van der Waals surface area contributed by atoms with Crippen molar-refractivity contribution in [2.24, 2.45) is 0 Å². The molecule has 1 unspecified atom stereocenters. The number of pyridine rings is 1. The standard InChI is InChI=1S/C10H12BrN3O/c1-14-5-4-8(10(14)15)13-9-3-2-7(11)6-12-9/h2-3,6,8H,4-5H2,1H3,(H,12,13). The Hall–Kier alpha value is -1.10. The Labute approximate surface area is 96.8 Å². The van der Waals surface area contributed by atoms with E-state index in [2.05, 4.69) is 26.2 Å². The summed E-state index contributed by atoms with van der Waals surface area (Å²) >= 11 is 3.31. The third-order valence-electron chi connectivity index (χ3n) is 2.48. The minimum atomic E-state index is -0.122. The van der Waals surface area contributed by atoms with Crippen molar-refractivity contribution < 1.29 is 4.79 Å². The molecular weight excluding hydrogens is 258 g/mol. The highest BCUT2D eigenvalue weighted by Crippen LogP contribution is 2.16. The van der Waals surface area contributed by atoms with Crippen molar-refractivity contribution in [2.75, 3.05) is 18.9 Å². The van der Waals surface area contributed by atoms with Crippen LogP contribution in [0.4, 0.5) is 5.82 Å². The summed E-state index contributed by atoms with van der Waals surface area (Å²) in [6, 6.07) is 3.64. The second-order valence-electron chi connectivity index (χ2n) is 3.61. The third-order valence-corrected chi connectivity index (χ3v) is 2.95. The number of hydrogen-bond acceptors (Lipinski definition) is 3. The van der Waals surface area contributed by atoms with Crippen molar-refractivity contribution >= 4 is 27.7 Å². The van der Waals surface area contributed by atoms with Gasteiger partial charge in [-0.1, -0.05) is 0 Å².